The van der Waals surface area contributed by atoms with Gasteiger partial charge in [0.2, 0.25) is 0 Å². The van der Waals surface area contributed by atoms with E-state index in [9.17, 15) is 4.79 Å². The van der Waals surface area contributed by atoms with Crippen LogP contribution in [0.15, 0.2) is 24.3 Å². The first-order valence-corrected chi connectivity index (χ1v) is 9.15. The number of ketones is 1. The maximum atomic E-state index is 12.1. The topological polar surface area (TPSA) is 63.2 Å². The van der Waals surface area contributed by atoms with Crippen molar-refractivity contribution in [3.63, 3.8) is 0 Å². The maximum absolute atomic E-state index is 12.1. The third-order valence-corrected chi connectivity index (χ3v) is 4.71. The number of Topliss-reactive ketones (excluding diaryl/α,β-unsaturated/α-hetero) is 1. The number of hydrogen-bond acceptors (Lipinski definition) is 6. The van der Waals surface area contributed by atoms with Crippen molar-refractivity contribution in [2.75, 3.05) is 20.3 Å². The molecule has 2 heterocycles. The van der Waals surface area contributed by atoms with Gasteiger partial charge in [0, 0.05) is 19.4 Å². The average Bonchev–Trinajstić information content (AvgIpc) is 2.99. The summed E-state index contributed by atoms with van der Waals surface area (Å²) in [5.74, 6) is 0.441. The van der Waals surface area contributed by atoms with Gasteiger partial charge in [0.15, 0.2) is 5.79 Å². The monoisotopic (exact) mass is 364 g/mol. The van der Waals surface area contributed by atoms with Crippen molar-refractivity contribution in [2.45, 2.75) is 63.8 Å². The standard InChI is InChI=1S/C20H28O6/c1-20(2)24-13-19(26-20)18-11-15(21)10-17(25-18)8-9-23-12-14-4-6-16(22-3)7-5-14/h4-7,17-19H,8-13H2,1-3H3/t17-,18-,19+/m1/s1. The summed E-state index contributed by atoms with van der Waals surface area (Å²) in [6.45, 7) is 5.29. The molecule has 0 N–H and O–H groups in total. The fourth-order valence-electron chi connectivity index (χ4n) is 3.32. The van der Waals surface area contributed by atoms with E-state index in [1.54, 1.807) is 7.11 Å². The summed E-state index contributed by atoms with van der Waals surface area (Å²) < 4.78 is 28.4. The third-order valence-electron chi connectivity index (χ3n) is 4.71. The van der Waals surface area contributed by atoms with Crippen molar-refractivity contribution < 1.29 is 28.5 Å². The van der Waals surface area contributed by atoms with Gasteiger partial charge in [-0.3, -0.25) is 4.79 Å². The smallest absolute Gasteiger partial charge is 0.163 e. The van der Waals surface area contributed by atoms with E-state index < -0.39 is 5.79 Å². The highest BCUT2D eigenvalue weighted by Gasteiger charge is 2.41. The summed E-state index contributed by atoms with van der Waals surface area (Å²) in [7, 11) is 1.65. The second-order valence-corrected chi connectivity index (χ2v) is 7.30. The molecular weight excluding hydrogens is 336 g/mol. The second-order valence-electron chi connectivity index (χ2n) is 7.30. The first-order chi connectivity index (χ1) is 12.4. The molecule has 0 spiro atoms. The summed E-state index contributed by atoms with van der Waals surface area (Å²) in [6, 6.07) is 7.79. The molecule has 0 aliphatic carbocycles. The Kier molecular flexibility index (Phi) is 6.29. The lowest BCUT2D eigenvalue weighted by atomic mass is 9.98. The Morgan fingerprint density at radius 1 is 1.15 bits per heavy atom. The second kappa shape index (κ2) is 8.48. The summed E-state index contributed by atoms with van der Waals surface area (Å²) in [6.07, 6.45) is 0.994. The Bertz CT molecular complexity index is 597. The van der Waals surface area contributed by atoms with E-state index in [1.807, 2.05) is 38.1 Å². The zero-order chi connectivity index (χ0) is 18.6. The van der Waals surface area contributed by atoms with Gasteiger partial charge in [0.25, 0.3) is 0 Å². The molecule has 3 atom stereocenters. The Morgan fingerprint density at radius 2 is 1.92 bits per heavy atom. The van der Waals surface area contributed by atoms with E-state index in [1.165, 1.54) is 0 Å². The molecule has 1 aromatic carbocycles. The van der Waals surface area contributed by atoms with Gasteiger partial charge in [-0.15, -0.1) is 0 Å². The van der Waals surface area contributed by atoms with Crippen LogP contribution in [0, 0.1) is 0 Å². The van der Waals surface area contributed by atoms with Crippen LogP contribution in [-0.2, 0) is 30.3 Å². The molecule has 3 rings (SSSR count). The van der Waals surface area contributed by atoms with Gasteiger partial charge in [-0.05, 0) is 38.0 Å². The van der Waals surface area contributed by atoms with Gasteiger partial charge < -0.3 is 23.7 Å². The predicted molar refractivity (Wildman–Crippen MR) is 95.1 cm³/mol. The molecule has 1 aromatic rings. The molecule has 0 saturated carbocycles. The highest BCUT2D eigenvalue weighted by molar-refractivity contribution is 5.80. The molecule has 26 heavy (non-hydrogen) atoms. The highest BCUT2D eigenvalue weighted by Crippen LogP contribution is 2.30. The molecule has 2 aliphatic rings. The molecule has 2 aliphatic heterocycles. The number of carbonyl (C=O) groups excluding carboxylic acids is 1. The minimum Gasteiger partial charge on any atom is -0.497 e. The zero-order valence-electron chi connectivity index (χ0n) is 15.7. The number of benzene rings is 1. The van der Waals surface area contributed by atoms with Crippen LogP contribution >= 0.6 is 0 Å². The summed E-state index contributed by atoms with van der Waals surface area (Å²) >= 11 is 0. The Morgan fingerprint density at radius 3 is 2.58 bits per heavy atom. The fraction of sp³-hybridized carbons (Fsp3) is 0.650. The SMILES string of the molecule is COc1ccc(COCC[C@@H]2CC(=O)C[C@H]([C@@H]3COC(C)(C)O3)O2)cc1. The van der Waals surface area contributed by atoms with Crippen LogP contribution < -0.4 is 4.74 Å². The van der Waals surface area contributed by atoms with E-state index in [-0.39, 0.29) is 24.1 Å². The van der Waals surface area contributed by atoms with Gasteiger partial charge in [-0.1, -0.05) is 12.1 Å². The van der Waals surface area contributed by atoms with Crippen LogP contribution in [0.2, 0.25) is 0 Å². The van der Waals surface area contributed by atoms with Crippen LogP contribution in [0.5, 0.6) is 5.75 Å². The minimum absolute atomic E-state index is 0.121. The molecule has 144 valence electrons. The van der Waals surface area contributed by atoms with Crippen LogP contribution in [0.25, 0.3) is 0 Å². The zero-order valence-corrected chi connectivity index (χ0v) is 15.7. The normalized spacial score (nSPS) is 28.3. The summed E-state index contributed by atoms with van der Waals surface area (Å²) in [5.41, 5.74) is 1.09. The van der Waals surface area contributed by atoms with Gasteiger partial charge in [0.1, 0.15) is 17.6 Å². The Balaban J connectivity index is 1.41. The molecule has 0 radical (unpaired) electrons. The number of carbonyl (C=O) groups is 1. The quantitative estimate of drug-likeness (QED) is 0.693. The van der Waals surface area contributed by atoms with Gasteiger partial charge in [-0.2, -0.15) is 0 Å². The van der Waals surface area contributed by atoms with Crippen molar-refractivity contribution >= 4 is 5.78 Å². The molecule has 6 nitrogen and oxygen atoms in total. The molecular formula is C20H28O6. The van der Waals surface area contributed by atoms with E-state index in [0.717, 1.165) is 11.3 Å². The average molecular weight is 364 g/mol. The molecule has 6 heteroatoms. The molecule has 0 bridgehead atoms. The van der Waals surface area contributed by atoms with Gasteiger partial charge in [-0.25, -0.2) is 0 Å². The fourth-order valence-corrected chi connectivity index (χ4v) is 3.32. The molecule has 2 fully saturated rings. The Hall–Kier alpha value is -1.47. The predicted octanol–water partition coefficient (Wildman–Crippen LogP) is 2.87. The van der Waals surface area contributed by atoms with Crippen molar-refractivity contribution in [2.24, 2.45) is 0 Å². The number of rotatable bonds is 7. The lowest BCUT2D eigenvalue weighted by molar-refractivity contribution is -0.175. The molecule has 2 saturated heterocycles. The number of ether oxygens (including phenoxy) is 5. The molecule has 0 amide bonds. The minimum atomic E-state index is -0.606. The number of hydrogen-bond donors (Lipinski definition) is 0. The van der Waals surface area contributed by atoms with Crippen molar-refractivity contribution in [3.8, 4) is 5.75 Å². The van der Waals surface area contributed by atoms with Gasteiger partial charge in [0.05, 0.1) is 32.5 Å². The summed E-state index contributed by atoms with van der Waals surface area (Å²) in [4.78, 5) is 12.1. The van der Waals surface area contributed by atoms with E-state index in [2.05, 4.69) is 0 Å². The highest BCUT2D eigenvalue weighted by atomic mass is 16.7. The lowest BCUT2D eigenvalue weighted by Crippen LogP contribution is -2.42. The third kappa shape index (κ3) is 5.27. The van der Waals surface area contributed by atoms with Crippen LogP contribution in [0.3, 0.4) is 0 Å². The first-order valence-electron chi connectivity index (χ1n) is 9.15. The van der Waals surface area contributed by atoms with Crippen molar-refractivity contribution in [1.82, 2.24) is 0 Å². The van der Waals surface area contributed by atoms with Crippen LogP contribution in [-0.4, -0.2) is 50.2 Å². The van der Waals surface area contributed by atoms with E-state index >= 15 is 0 Å². The summed E-state index contributed by atoms with van der Waals surface area (Å²) in [5, 5.41) is 0. The van der Waals surface area contributed by atoms with E-state index in [4.69, 9.17) is 23.7 Å². The number of methoxy groups -OCH3 is 1. The van der Waals surface area contributed by atoms with Crippen LogP contribution in [0.1, 0.15) is 38.7 Å². The van der Waals surface area contributed by atoms with Crippen LogP contribution in [0.4, 0.5) is 0 Å². The van der Waals surface area contributed by atoms with Crippen molar-refractivity contribution in [1.29, 1.82) is 0 Å². The Labute approximate surface area is 154 Å². The largest absolute Gasteiger partial charge is 0.497 e. The molecule has 0 unspecified atom stereocenters. The van der Waals surface area contributed by atoms with E-state index in [0.29, 0.717) is 39.1 Å². The maximum Gasteiger partial charge on any atom is 0.163 e. The van der Waals surface area contributed by atoms with Crippen molar-refractivity contribution in [3.05, 3.63) is 29.8 Å². The first kappa shape index (κ1) is 19.3. The molecule has 0 aromatic heterocycles. The lowest BCUT2D eigenvalue weighted by Gasteiger charge is -2.32. The van der Waals surface area contributed by atoms with Gasteiger partial charge >= 0.3 is 0 Å².